The molecule has 29 heteroatoms. The Kier molecular flexibility index (Phi) is 25.9. The number of benzene rings is 4. The van der Waals surface area contributed by atoms with Crippen molar-refractivity contribution >= 4 is 48.8 Å². The van der Waals surface area contributed by atoms with Crippen molar-refractivity contribution in [2.75, 3.05) is 255 Å². The first-order valence-electron chi connectivity index (χ1n) is 39.0. The molecule has 15 rings (SSSR count). The van der Waals surface area contributed by atoms with Crippen LogP contribution in [-0.4, -0.2) is 312 Å². The van der Waals surface area contributed by atoms with Crippen LogP contribution in [0.15, 0.2) is 69.1 Å². The van der Waals surface area contributed by atoms with Gasteiger partial charge in [0.1, 0.15) is 0 Å². The van der Waals surface area contributed by atoms with E-state index >= 15 is 0 Å². The number of aromatic hydroxyl groups is 2. The van der Waals surface area contributed by atoms with Gasteiger partial charge in [0.2, 0.25) is 11.8 Å². The van der Waals surface area contributed by atoms with Crippen molar-refractivity contribution < 1.29 is 43.4 Å². The fraction of sp³-hybridized carbons (Fsp3) is 0.636. The normalized spacial score (nSPS) is 19.7. The Morgan fingerprint density at radius 3 is 1.08 bits per heavy atom. The smallest absolute Gasteiger partial charge is 0.263 e. The zero-order valence-electron chi connectivity index (χ0n) is 61.6. The summed E-state index contributed by atoms with van der Waals surface area (Å²) >= 11 is 0. The van der Waals surface area contributed by atoms with Crippen LogP contribution in [0.5, 0.6) is 11.8 Å². The lowest BCUT2D eigenvalue weighted by Crippen LogP contribution is -2.40. The van der Waals surface area contributed by atoms with E-state index in [-0.39, 0.29) is 46.1 Å². The van der Waals surface area contributed by atoms with Crippen LogP contribution in [0.2, 0.25) is 0 Å². The first-order chi connectivity index (χ1) is 52.0. The number of pyridine rings is 4. The third-order valence-electron chi connectivity index (χ3n) is 22.4. The molecule has 3 N–H and O–H groups in total. The lowest BCUT2D eigenvalue weighted by Gasteiger charge is -2.27. The second-order valence-corrected chi connectivity index (χ2v) is 29.1. The maximum atomic E-state index is 14.7. The summed E-state index contributed by atoms with van der Waals surface area (Å²) in [6, 6.07) is 8.64. The Morgan fingerprint density at radius 1 is 0.311 bits per heavy atom. The molecule has 7 saturated heterocycles. The van der Waals surface area contributed by atoms with Gasteiger partial charge in [0.05, 0.1) is 136 Å². The molecule has 0 atom stereocenters. The van der Waals surface area contributed by atoms with Crippen molar-refractivity contribution in [3.63, 3.8) is 0 Å². The van der Waals surface area contributed by atoms with E-state index in [0.717, 1.165) is 183 Å². The van der Waals surface area contributed by atoms with Gasteiger partial charge in [-0.05, 0) is 81.8 Å². The maximum Gasteiger partial charge on any atom is 0.263 e. The number of hydrogen-bond acceptors (Lipinski definition) is 25. The quantitative estimate of drug-likeness (QED) is 0.0435. The number of hydrogen-bond donors (Lipinski definition) is 3. The summed E-state index contributed by atoms with van der Waals surface area (Å²) in [5.41, 5.74) is -0.172. The van der Waals surface area contributed by atoms with E-state index < -0.39 is 5.56 Å². The summed E-state index contributed by atoms with van der Waals surface area (Å²) in [6.45, 7) is 30.1. The predicted octanol–water partition coefficient (Wildman–Crippen LogP) is 0.995. The highest BCUT2D eigenvalue weighted by molar-refractivity contribution is 6.19. The third-order valence-corrected chi connectivity index (χ3v) is 22.4. The summed E-state index contributed by atoms with van der Waals surface area (Å²) in [5.74, 6) is -0.327. The number of aromatic nitrogens is 4. The number of ether oxygens (including phenoxy) is 7. The lowest BCUT2D eigenvalue weighted by atomic mass is 9.89. The molecule has 2 aromatic carbocycles. The molecule has 2 aliphatic carbocycles. The fourth-order valence-electron chi connectivity index (χ4n) is 16.5. The summed E-state index contributed by atoms with van der Waals surface area (Å²) in [4.78, 5) is 112. The van der Waals surface area contributed by atoms with Crippen molar-refractivity contribution in [1.82, 2.24) is 52.6 Å². The molecule has 2 aromatic heterocycles. The molecule has 11 heterocycles. The van der Waals surface area contributed by atoms with Crippen molar-refractivity contribution in [1.29, 1.82) is 0 Å². The first-order valence-corrected chi connectivity index (χ1v) is 39.0. The molecule has 0 spiro atoms. The molecule has 0 radical (unpaired) electrons. The van der Waals surface area contributed by atoms with Crippen molar-refractivity contribution in [3.8, 4) is 34.0 Å². The van der Waals surface area contributed by atoms with Gasteiger partial charge in [-0.25, -0.2) is 0 Å². The molecule has 574 valence electrons. The van der Waals surface area contributed by atoms with Crippen LogP contribution in [0.1, 0.15) is 44.9 Å². The zero-order chi connectivity index (χ0) is 72.9. The van der Waals surface area contributed by atoms with Gasteiger partial charge in [0.15, 0.2) is 0 Å². The van der Waals surface area contributed by atoms with E-state index in [9.17, 15) is 39.0 Å². The molecule has 11 aliphatic rings. The average molecular weight is 1470 g/mol. The highest BCUT2D eigenvalue weighted by atomic mass is 16.5. The van der Waals surface area contributed by atoms with Crippen LogP contribution < -0.4 is 49.4 Å². The SMILES string of the molecule is O=c1c2c(=NCCCN3CCOCC3)cc3c(=O)n(CCCN4CCOCC4)c(=O)c4ccc(c(O)n1CCCN1CCOCC1)c2c4-3.O=c1c2cc(NCCCN3CCOCC3)c3c4c2c(c(O)n1CCCN1CCOCC1)c(=NCCCN1CCOCC1)cc-4c(=O)n(CCCN1CCOCC1)c3=O. The summed E-state index contributed by atoms with van der Waals surface area (Å²) in [6.07, 6.45) is 4.99. The standard InChI is InChI=1S/C42H60N8O8.C35H46N6O7/c51-39-31-29-33(43-5-1-7-45-13-21-55-22-14-45)37-35-32(40(52)49(41(37)53)11-3-9-47-17-25-57-26-18-47)30-34(44-6-2-8-46-15-23-56-24-16-46)38(36(31)35)42(54)50(39)12-4-10-48-19-27-58-28-20-48;42-32-25-4-5-26-30-29(25)27(34(44)40(32)10-2-8-38-14-20-47-21-15-38)24-28(36-6-1-7-37-12-18-46-19-13-37)31(30)35(45)41(33(26)43)11-3-9-39-16-22-48-23-17-39/h29-30,43,54H,1-28H2;4-5,24,43H,1-3,6-23H2. The minimum atomic E-state index is -0.397. The highest BCUT2D eigenvalue weighted by Crippen LogP contribution is 2.41. The summed E-state index contributed by atoms with van der Waals surface area (Å²) < 4.78 is 44.1. The van der Waals surface area contributed by atoms with Crippen LogP contribution in [0, 0.1) is 0 Å². The molecule has 29 nitrogen and oxygen atoms in total. The van der Waals surface area contributed by atoms with Crippen molar-refractivity contribution in [2.45, 2.75) is 71.1 Å². The van der Waals surface area contributed by atoms with Crippen LogP contribution in [0.3, 0.4) is 0 Å². The number of anilines is 1. The van der Waals surface area contributed by atoms with Gasteiger partial charge in [-0.2, -0.15) is 0 Å². The first kappa shape index (κ1) is 75.6. The van der Waals surface area contributed by atoms with Crippen LogP contribution in [0.4, 0.5) is 5.69 Å². The van der Waals surface area contributed by atoms with Crippen molar-refractivity contribution in [3.05, 3.63) is 103 Å². The Hall–Kier alpha value is -7.20. The predicted molar refractivity (Wildman–Crippen MR) is 406 cm³/mol. The molecule has 0 unspecified atom stereocenters. The van der Waals surface area contributed by atoms with Crippen molar-refractivity contribution in [2.24, 2.45) is 9.98 Å². The third kappa shape index (κ3) is 17.3. The van der Waals surface area contributed by atoms with E-state index in [1.54, 1.807) is 30.3 Å². The second-order valence-electron chi connectivity index (χ2n) is 29.1. The average Bonchev–Trinajstić information content (AvgIpc) is 0.701. The zero-order valence-corrected chi connectivity index (χ0v) is 61.6. The van der Waals surface area contributed by atoms with E-state index in [4.69, 9.17) is 43.1 Å². The Bertz CT molecular complexity index is 4660. The molecule has 7 fully saturated rings. The van der Waals surface area contributed by atoms with Gasteiger partial charge >= 0.3 is 0 Å². The summed E-state index contributed by atoms with van der Waals surface area (Å²) in [5, 5.41) is 31.3. The van der Waals surface area contributed by atoms with E-state index in [1.165, 1.54) is 18.3 Å². The fourth-order valence-corrected chi connectivity index (χ4v) is 16.5. The lowest BCUT2D eigenvalue weighted by molar-refractivity contribution is 0.0368. The molecular weight excluding hydrogens is 1360 g/mol. The molecule has 9 aliphatic heterocycles. The minimum Gasteiger partial charge on any atom is -0.494 e. The van der Waals surface area contributed by atoms with Gasteiger partial charge in [0.25, 0.3) is 33.4 Å². The number of nitrogens with one attached hydrogen (secondary N) is 1. The number of morpholine rings is 7. The van der Waals surface area contributed by atoms with E-state index in [1.807, 2.05) is 0 Å². The van der Waals surface area contributed by atoms with Gasteiger partial charge in [-0.15, -0.1) is 0 Å². The molecule has 0 saturated carbocycles. The molecule has 0 amide bonds. The van der Waals surface area contributed by atoms with Gasteiger partial charge < -0.3 is 48.7 Å². The Balaban J connectivity index is 0.000000181. The van der Waals surface area contributed by atoms with Gasteiger partial charge in [-0.1, -0.05) is 0 Å². The van der Waals surface area contributed by atoms with Crippen LogP contribution >= 0.6 is 0 Å². The van der Waals surface area contributed by atoms with Gasteiger partial charge in [-0.3, -0.25) is 91.3 Å². The molecule has 106 heavy (non-hydrogen) atoms. The Morgan fingerprint density at radius 2 is 0.642 bits per heavy atom. The van der Waals surface area contributed by atoms with Gasteiger partial charge in [0, 0.05) is 215 Å². The minimum absolute atomic E-state index is 0.149. The molecule has 0 bridgehead atoms. The summed E-state index contributed by atoms with van der Waals surface area (Å²) in [7, 11) is 0. The number of rotatable bonds is 29. The van der Waals surface area contributed by atoms with E-state index in [2.05, 4.69) is 39.6 Å². The maximum absolute atomic E-state index is 14.7. The largest absolute Gasteiger partial charge is 0.494 e. The molecular formula is C77H106N14O15. The second kappa shape index (κ2) is 36.3. The number of nitrogens with zero attached hydrogens (tertiary/aromatic N) is 13. The Labute approximate surface area is 615 Å². The van der Waals surface area contributed by atoms with E-state index in [0.29, 0.717) is 213 Å². The highest BCUT2D eigenvalue weighted by Gasteiger charge is 2.32. The topological polar surface area (TPSA) is 287 Å². The monoisotopic (exact) mass is 1470 g/mol. The van der Waals surface area contributed by atoms with Crippen LogP contribution in [0.25, 0.3) is 65.3 Å². The molecule has 4 aromatic rings. The van der Waals surface area contributed by atoms with Crippen LogP contribution in [-0.2, 0) is 59.3 Å².